The van der Waals surface area contributed by atoms with Crippen molar-refractivity contribution in [2.75, 3.05) is 32.0 Å². The normalized spacial score (nSPS) is 17.3. The molecule has 1 aromatic rings. The van der Waals surface area contributed by atoms with Crippen LogP contribution in [0.25, 0.3) is 0 Å². The summed E-state index contributed by atoms with van der Waals surface area (Å²) in [5, 5.41) is 0. The Labute approximate surface area is 113 Å². The van der Waals surface area contributed by atoms with Crippen molar-refractivity contribution >= 4 is 11.6 Å². The third kappa shape index (κ3) is 4.13. The van der Waals surface area contributed by atoms with Gasteiger partial charge in [-0.3, -0.25) is 9.69 Å². The Kier molecular flexibility index (Phi) is 4.63. The van der Waals surface area contributed by atoms with Crippen molar-refractivity contribution in [1.29, 1.82) is 0 Å². The summed E-state index contributed by atoms with van der Waals surface area (Å²) < 4.78 is 5.65. The summed E-state index contributed by atoms with van der Waals surface area (Å²) in [5.74, 6) is 0.716. The number of rotatable bonds is 5. The number of hydrogen-bond acceptors (Lipinski definition) is 4. The minimum atomic E-state index is -0.169. The lowest BCUT2D eigenvalue weighted by molar-refractivity contribution is -0.123. The standard InChI is InChI=1S/C14H21N3O2/c15-12-1-3-13(4-2-12)19-10-9-17-7-5-11(6-8-17)14(16)18/h1-4,11H,5-10,15H2,(H2,16,18). The molecule has 0 aliphatic carbocycles. The number of hydrogen-bond donors (Lipinski definition) is 2. The average molecular weight is 263 g/mol. The van der Waals surface area contributed by atoms with Crippen LogP contribution in [-0.4, -0.2) is 37.0 Å². The molecule has 104 valence electrons. The number of nitrogens with zero attached hydrogens (tertiary/aromatic N) is 1. The first-order valence-corrected chi connectivity index (χ1v) is 6.65. The summed E-state index contributed by atoms with van der Waals surface area (Å²) >= 11 is 0. The zero-order valence-electron chi connectivity index (χ0n) is 11.0. The molecule has 19 heavy (non-hydrogen) atoms. The van der Waals surface area contributed by atoms with Gasteiger partial charge in [0, 0.05) is 18.2 Å². The first-order valence-electron chi connectivity index (χ1n) is 6.65. The number of piperidine rings is 1. The van der Waals surface area contributed by atoms with Crippen LogP contribution in [0.2, 0.25) is 0 Å². The lowest BCUT2D eigenvalue weighted by Crippen LogP contribution is -2.40. The quantitative estimate of drug-likeness (QED) is 0.771. The van der Waals surface area contributed by atoms with Crippen molar-refractivity contribution in [3.8, 4) is 5.75 Å². The Bertz CT molecular complexity index is 411. The van der Waals surface area contributed by atoms with Crippen LogP contribution in [0.5, 0.6) is 5.75 Å². The molecule has 1 aromatic carbocycles. The molecule has 0 aromatic heterocycles. The number of nitrogen functional groups attached to an aromatic ring is 1. The van der Waals surface area contributed by atoms with Crippen molar-refractivity contribution < 1.29 is 9.53 Å². The van der Waals surface area contributed by atoms with Gasteiger partial charge in [0.05, 0.1) is 0 Å². The van der Waals surface area contributed by atoms with Crippen LogP contribution in [0.4, 0.5) is 5.69 Å². The zero-order chi connectivity index (χ0) is 13.7. The Morgan fingerprint density at radius 3 is 2.47 bits per heavy atom. The van der Waals surface area contributed by atoms with Crippen LogP contribution in [0.15, 0.2) is 24.3 Å². The first kappa shape index (κ1) is 13.7. The molecule has 0 unspecified atom stereocenters. The Hall–Kier alpha value is -1.75. The summed E-state index contributed by atoms with van der Waals surface area (Å²) in [6.07, 6.45) is 1.72. The highest BCUT2D eigenvalue weighted by Gasteiger charge is 2.22. The van der Waals surface area contributed by atoms with Gasteiger partial charge in [-0.1, -0.05) is 0 Å². The molecular weight excluding hydrogens is 242 g/mol. The molecule has 0 spiro atoms. The van der Waals surface area contributed by atoms with Crippen LogP contribution >= 0.6 is 0 Å². The van der Waals surface area contributed by atoms with E-state index in [1.165, 1.54) is 0 Å². The van der Waals surface area contributed by atoms with E-state index in [0.29, 0.717) is 6.61 Å². The van der Waals surface area contributed by atoms with Gasteiger partial charge in [-0.2, -0.15) is 0 Å². The molecule has 1 aliphatic rings. The minimum absolute atomic E-state index is 0.0502. The maximum absolute atomic E-state index is 11.1. The number of anilines is 1. The fraction of sp³-hybridized carbons (Fsp3) is 0.500. The number of nitrogens with two attached hydrogens (primary N) is 2. The predicted molar refractivity (Wildman–Crippen MR) is 74.7 cm³/mol. The third-order valence-corrected chi connectivity index (χ3v) is 3.55. The van der Waals surface area contributed by atoms with E-state index in [-0.39, 0.29) is 11.8 Å². The summed E-state index contributed by atoms with van der Waals surface area (Å²) in [6, 6.07) is 7.39. The molecule has 2 rings (SSSR count). The van der Waals surface area contributed by atoms with E-state index in [2.05, 4.69) is 4.90 Å². The van der Waals surface area contributed by atoms with E-state index < -0.39 is 0 Å². The molecule has 1 heterocycles. The molecular formula is C14H21N3O2. The van der Waals surface area contributed by atoms with Crippen molar-refractivity contribution in [3.05, 3.63) is 24.3 Å². The van der Waals surface area contributed by atoms with Gasteiger partial charge in [0.25, 0.3) is 0 Å². The van der Waals surface area contributed by atoms with Crippen LogP contribution in [0.1, 0.15) is 12.8 Å². The highest BCUT2D eigenvalue weighted by Crippen LogP contribution is 2.17. The molecule has 1 aliphatic heterocycles. The molecule has 5 heteroatoms. The fourth-order valence-electron chi connectivity index (χ4n) is 2.30. The van der Waals surface area contributed by atoms with Crippen LogP contribution in [-0.2, 0) is 4.79 Å². The maximum Gasteiger partial charge on any atom is 0.220 e. The lowest BCUT2D eigenvalue weighted by Gasteiger charge is -2.30. The monoisotopic (exact) mass is 263 g/mol. The van der Waals surface area contributed by atoms with E-state index in [1.807, 2.05) is 24.3 Å². The summed E-state index contributed by atoms with van der Waals surface area (Å²) in [4.78, 5) is 13.4. The Balaban J connectivity index is 1.67. The second kappa shape index (κ2) is 6.43. The van der Waals surface area contributed by atoms with Crippen molar-refractivity contribution in [1.82, 2.24) is 4.90 Å². The number of carbonyl (C=O) groups excluding carboxylic acids is 1. The molecule has 0 saturated carbocycles. The summed E-state index contributed by atoms with van der Waals surface area (Å²) in [7, 11) is 0. The number of primary amides is 1. The SMILES string of the molecule is NC(=O)C1CCN(CCOc2ccc(N)cc2)CC1. The van der Waals surface area contributed by atoms with Crippen molar-refractivity contribution in [3.63, 3.8) is 0 Å². The third-order valence-electron chi connectivity index (χ3n) is 3.55. The molecule has 0 bridgehead atoms. The predicted octanol–water partition coefficient (Wildman–Crippen LogP) is 0.845. The summed E-state index contributed by atoms with van der Waals surface area (Å²) in [6.45, 7) is 3.35. The second-order valence-electron chi connectivity index (χ2n) is 4.94. The summed E-state index contributed by atoms with van der Waals surface area (Å²) in [5.41, 5.74) is 11.7. The van der Waals surface area contributed by atoms with E-state index in [4.69, 9.17) is 16.2 Å². The molecule has 0 atom stereocenters. The van der Waals surface area contributed by atoms with Gasteiger partial charge >= 0.3 is 0 Å². The number of benzene rings is 1. The van der Waals surface area contributed by atoms with E-state index in [9.17, 15) is 4.79 Å². The lowest BCUT2D eigenvalue weighted by atomic mass is 9.96. The highest BCUT2D eigenvalue weighted by atomic mass is 16.5. The van der Waals surface area contributed by atoms with Crippen LogP contribution in [0, 0.1) is 5.92 Å². The van der Waals surface area contributed by atoms with E-state index >= 15 is 0 Å². The van der Waals surface area contributed by atoms with Crippen molar-refractivity contribution in [2.24, 2.45) is 11.7 Å². The van der Waals surface area contributed by atoms with Crippen LogP contribution in [0.3, 0.4) is 0 Å². The number of likely N-dealkylation sites (tertiary alicyclic amines) is 1. The van der Waals surface area contributed by atoms with Crippen molar-refractivity contribution in [2.45, 2.75) is 12.8 Å². The highest BCUT2D eigenvalue weighted by molar-refractivity contribution is 5.76. The second-order valence-corrected chi connectivity index (χ2v) is 4.94. The van der Waals surface area contributed by atoms with Gasteiger partial charge < -0.3 is 16.2 Å². The molecule has 5 nitrogen and oxygen atoms in total. The maximum atomic E-state index is 11.1. The van der Waals surface area contributed by atoms with Gasteiger partial charge in [0.1, 0.15) is 12.4 Å². The van der Waals surface area contributed by atoms with Gasteiger partial charge in [0.2, 0.25) is 5.91 Å². The number of ether oxygens (including phenoxy) is 1. The topological polar surface area (TPSA) is 81.6 Å². The first-order chi connectivity index (χ1) is 9.15. The fourth-order valence-corrected chi connectivity index (χ4v) is 2.30. The zero-order valence-corrected chi connectivity index (χ0v) is 11.0. The molecule has 1 saturated heterocycles. The molecule has 1 amide bonds. The number of carbonyl (C=O) groups is 1. The van der Waals surface area contributed by atoms with Crippen LogP contribution < -0.4 is 16.2 Å². The minimum Gasteiger partial charge on any atom is -0.492 e. The number of amides is 1. The molecule has 1 fully saturated rings. The van der Waals surface area contributed by atoms with E-state index in [0.717, 1.165) is 43.9 Å². The molecule has 4 N–H and O–H groups in total. The Morgan fingerprint density at radius 1 is 1.26 bits per heavy atom. The van der Waals surface area contributed by atoms with Gasteiger partial charge in [-0.25, -0.2) is 0 Å². The Morgan fingerprint density at radius 2 is 1.89 bits per heavy atom. The van der Waals surface area contributed by atoms with Gasteiger partial charge in [-0.05, 0) is 50.2 Å². The average Bonchev–Trinajstić information content (AvgIpc) is 2.41. The van der Waals surface area contributed by atoms with Gasteiger partial charge in [-0.15, -0.1) is 0 Å². The van der Waals surface area contributed by atoms with Gasteiger partial charge in [0.15, 0.2) is 0 Å². The molecule has 0 radical (unpaired) electrons. The van der Waals surface area contributed by atoms with E-state index in [1.54, 1.807) is 0 Å². The smallest absolute Gasteiger partial charge is 0.220 e. The largest absolute Gasteiger partial charge is 0.492 e.